The molecule has 0 amide bonds. The van der Waals surface area contributed by atoms with Crippen molar-refractivity contribution in [2.45, 2.75) is 19.8 Å². The van der Waals surface area contributed by atoms with Crippen molar-refractivity contribution in [1.29, 1.82) is 0 Å². The van der Waals surface area contributed by atoms with Crippen molar-refractivity contribution in [1.82, 2.24) is 9.38 Å². The fourth-order valence-corrected chi connectivity index (χ4v) is 4.21. The van der Waals surface area contributed by atoms with Gasteiger partial charge in [0.15, 0.2) is 4.96 Å². The number of fused-ring (bicyclic) bond motifs is 1. The highest BCUT2D eigenvalue weighted by atomic mass is 32.1. The van der Waals surface area contributed by atoms with Crippen molar-refractivity contribution in [3.63, 3.8) is 0 Å². The molecule has 4 nitrogen and oxygen atoms in total. The molecule has 0 bridgehead atoms. The zero-order chi connectivity index (χ0) is 18.1. The van der Waals surface area contributed by atoms with E-state index in [1.165, 1.54) is 16.9 Å². The monoisotopic (exact) mass is 362 g/mol. The summed E-state index contributed by atoms with van der Waals surface area (Å²) in [7, 11) is 0. The first-order valence-corrected chi connectivity index (χ1v) is 9.34. The van der Waals surface area contributed by atoms with Crippen LogP contribution in [0.25, 0.3) is 27.5 Å². The van der Waals surface area contributed by atoms with Crippen LogP contribution in [0.1, 0.15) is 17.4 Å². The minimum atomic E-state index is -0.829. The van der Waals surface area contributed by atoms with Gasteiger partial charge in [-0.1, -0.05) is 61.5 Å². The number of thiazole rings is 1. The van der Waals surface area contributed by atoms with Crippen LogP contribution in [-0.2, 0) is 17.6 Å². The summed E-state index contributed by atoms with van der Waals surface area (Å²) in [5.41, 5.74) is 5.14. The third kappa shape index (κ3) is 3.02. The predicted molar refractivity (Wildman–Crippen MR) is 105 cm³/mol. The summed E-state index contributed by atoms with van der Waals surface area (Å²) in [5.74, 6) is -0.829. The number of carboxylic acids is 1. The molecule has 4 aromatic rings. The van der Waals surface area contributed by atoms with Crippen LogP contribution in [0.2, 0.25) is 0 Å². The Morgan fingerprint density at radius 2 is 1.81 bits per heavy atom. The summed E-state index contributed by atoms with van der Waals surface area (Å²) in [5, 5.41) is 9.29. The first-order chi connectivity index (χ1) is 12.7. The molecule has 0 atom stereocenters. The van der Waals surface area contributed by atoms with Crippen LogP contribution in [-0.4, -0.2) is 20.5 Å². The summed E-state index contributed by atoms with van der Waals surface area (Å²) in [6.07, 6.45) is 2.97. The van der Waals surface area contributed by atoms with Gasteiger partial charge in [0.25, 0.3) is 0 Å². The number of benzene rings is 2. The molecule has 0 saturated carbocycles. The summed E-state index contributed by atoms with van der Waals surface area (Å²) in [6, 6.07) is 18.3. The minimum Gasteiger partial charge on any atom is -0.481 e. The molecule has 0 fully saturated rings. The Bertz CT molecular complexity index is 1060. The molecule has 2 aromatic heterocycles. The fraction of sp³-hybridized carbons (Fsp3) is 0.143. The molecule has 0 aliphatic rings. The number of carbonyl (C=O) groups is 1. The molecule has 0 unspecified atom stereocenters. The third-order valence-electron chi connectivity index (χ3n) is 4.41. The molecule has 26 heavy (non-hydrogen) atoms. The van der Waals surface area contributed by atoms with Gasteiger partial charge in [-0.05, 0) is 17.5 Å². The smallest absolute Gasteiger partial charge is 0.308 e. The quantitative estimate of drug-likeness (QED) is 0.548. The SMILES string of the molecule is CCc1ccc(-c2c(CC(=O)O)sc3nc(-c4ccccc4)cn23)cc1. The lowest BCUT2D eigenvalue weighted by Crippen LogP contribution is -2.00. The van der Waals surface area contributed by atoms with Crippen molar-refractivity contribution in [2.75, 3.05) is 0 Å². The van der Waals surface area contributed by atoms with E-state index in [2.05, 4.69) is 31.2 Å². The van der Waals surface area contributed by atoms with Crippen LogP contribution in [0.5, 0.6) is 0 Å². The summed E-state index contributed by atoms with van der Waals surface area (Å²) >= 11 is 1.44. The summed E-state index contributed by atoms with van der Waals surface area (Å²) in [4.78, 5) is 17.7. The second-order valence-corrected chi connectivity index (χ2v) is 7.20. The van der Waals surface area contributed by atoms with Crippen LogP contribution in [0.4, 0.5) is 0 Å². The Balaban J connectivity index is 1.88. The largest absolute Gasteiger partial charge is 0.481 e. The molecule has 0 aliphatic carbocycles. The molecular formula is C21H18N2O2S. The van der Waals surface area contributed by atoms with Gasteiger partial charge >= 0.3 is 5.97 Å². The number of rotatable bonds is 5. The molecule has 5 heteroatoms. The van der Waals surface area contributed by atoms with E-state index < -0.39 is 5.97 Å². The zero-order valence-electron chi connectivity index (χ0n) is 14.3. The Morgan fingerprint density at radius 1 is 1.08 bits per heavy atom. The zero-order valence-corrected chi connectivity index (χ0v) is 15.2. The molecule has 0 radical (unpaired) electrons. The molecule has 4 rings (SSSR count). The Kier molecular flexibility index (Phi) is 4.31. The number of carboxylic acid groups (broad SMARTS) is 1. The van der Waals surface area contributed by atoms with Crippen LogP contribution in [0, 0.1) is 0 Å². The average Bonchev–Trinajstić information content (AvgIpc) is 3.19. The number of nitrogens with zero attached hydrogens (tertiary/aromatic N) is 2. The molecule has 130 valence electrons. The van der Waals surface area contributed by atoms with E-state index in [1.807, 2.05) is 40.9 Å². The highest BCUT2D eigenvalue weighted by Crippen LogP contribution is 2.34. The van der Waals surface area contributed by atoms with E-state index in [9.17, 15) is 9.90 Å². The van der Waals surface area contributed by atoms with Gasteiger partial charge in [-0.25, -0.2) is 4.98 Å². The third-order valence-corrected chi connectivity index (χ3v) is 5.46. The summed E-state index contributed by atoms with van der Waals surface area (Å²) in [6.45, 7) is 2.12. The maximum Gasteiger partial charge on any atom is 0.308 e. The van der Waals surface area contributed by atoms with Crippen LogP contribution >= 0.6 is 11.3 Å². The lowest BCUT2D eigenvalue weighted by Gasteiger charge is -2.05. The number of hydrogen-bond acceptors (Lipinski definition) is 3. The molecule has 0 spiro atoms. The van der Waals surface area contributed by atoms with Crippen molar-refractivity contribution < 1.29 is 9.90 Å². The van der Waals surface area contributed by atoms with Crippen molar-refractivity contribution >= 4 is 22.3 Å². The van der Waals surface area contributed by atoms with Gasteiger partial charge in [0.1, 0.15) is 0 Å². The molecule has 0 saturated heterocycles. The van der Waals surface area contributed by atoms with Crippen molar-refractivity contribution in [3.8, 4) is 22.5 Å². The number of imidazole rings is 1. The molecule has 2 aromatic carbocycles. The highest BCUT2D eigenvalue weighted by Gasteiger charge is 2.19. The second-order valence-electron chi connectivity index (χ2n) is 6.14. The van der Waals surface area contributed by atoms with Gasteiger partial charge in [0, 0.05) is 16.6 Å². The lowest BCUT2D eigenvalue weighted by atomic mass is 10.1. The number of aliphatic carboxylic acids is 1. The van der Waals surface area contributed by atoms with Gasteiger partial charge in [0.05, 0.1) is 17.8 Å². The van der Waals surface area contributed by atoms with E-state index in [0.717, 1.165) is 38.8 Å². The van der Waals surface area contributed by atoms with Gasteiger partial charge in [-0.3, -0.25) is 9.20 Å². The molecule has 2 heterocycles. The van der Waals surface area contributed by atoms with Crippen molar-refractivity contribution in [3.05, 3.63) is 71.2 Å². The van der Waals surface area contributed by atoms with Crippen LogP contribution < -0.4 is 0 Å². The summed E-state index contributed by atoms with van der Waals surface area (Å²) < 4.78 is 2.02. The predicted octanol–water partition coefficient (Wildman–Crippen LogP) is 4.92. The van der Waals surface area contributed by atoms with E-state index in [-0.39, 0.29) is 6.42 Å². The number of hydrogen-bond donors (Lipinski definition) is 1. The van der Waals surface area contributed by atoms with E-state index in [0.29, 0.717) is 0 Å². The van der Waals surface area contributed by atoms with E-state index in [4.69, 9.17) is 4.98 Å². The highest BCUT2D eigenvalue weighted by molar-refractivity contribution is 7.17. The molecular weight excluding hydrogens is 344 g/mol. The topological polar surface area (TPSA) is 54.6 Å². The van der Waals surface area contributed by atoms with Crippen LogP contribution in [0.15, 0.2) is 60.8 Å². The Labute approximate surface area is 155 Å². The maximum atomic E-state index is 11.3. The first-order valence-electron chi connectivity index (χ1n) is 8.53. The van der Waals surface area contributed by atoms with Gasteiger partial charge < -0.3 is 5.11 Å². The van der Waals surface area contributed by atoms with E-state index in [1.54, 1.807) is 0 Å². The Morgan fingerprint density at radius 3 is 2.46 bits per heavy atom. The minimum absolute atomic E-state index is 0.000437. The maximum absolute atomic E-state index is 11.3. The van der Waals surface area contributed by atoms with Gasteiger partial charge in [-0.2, -0.15) is 0 Å². The first kappa shape index (κ1) is 16.5. The van der Waals surface area contributed by atoms with Gasteiger partial charge in [-0.15, -0.1) is 11.3 Å². The van der Waals surface area contributed by atoms with Gasteiger partial charge in [0.2, 0.25) is 0 Å². The lowest BCUT2D eigenvalue weighted by molar-refractivity contribution is -0.136. The fourth-order valence-electron chi connectivity index (χ4n) is 3.09. The second kappa shape index (κ2) is 6.77. The molecule has 1 N–H and O–H groups in total. The van der Waals surface area contributed by atoms with Crippen molar-refractivity contribution in [2.24, 2.45) is 0 Å². The average molecular weight is 362 g/mol. The molecule has 0 aliphatic heterocycles. The standard InChI is InChI=1S/C21H18N2O2S/c1-2-14-8-10-16(11-9-14)20-18(12-19(24)25)26-21-22-17(13-23(20)21)15-6-4-3-5-7-15/h3-11,13H,2,12H2,1H3,(H,24,25). The van der Waals surface area contributed by atoms with E-state index >= 15 is 0 Å². The normalized spacial score (nSPS) is 11.1. The Hall–Kier alpha value is -2.92. The number of aromatic nitrogens is 2. The van der Waals surface area contributed by atoms with Crippen LogP contribution in [0.3, 0.4) is 0 Å². The number of aryl methyl sites for hydroxylation is 1.